The Morgan fingerprint density at radius 1 is 1.12 bits per heavy atom. The van der Waals surface area contributed by atoms with E-state index in [1.54, 1.807) is 10.4 Å². The van der Waals surface area contributed by atoms with Crippen molar-refractivity contribution in [1.82, 2.24) is 14.5 Å². The largest absolute Gasteiger partial charge is 0.487 e. The van der Waals surface area contributed by atoms with E-state index in [9.17, 15) is 8.42 Å². The fourth-order valence-electron chi connectivity index (χ4n) is 3.68. The van der Waals surface area contributed by atoms with Crippen LogP contribution in [-0.4, -0.2) is 69.5 Å². The zero-order valence-electron chi connectivity index (χ0n) is 13.6. The van der Waals surface area contributed by atoms with Crippen LogP contribution in [0.15, 0.2) is 29.2 Å². The van der Waals surface area contributed by atoms with Gasteiger partial charge in [-0.15, -0.1) is 0 Å². The number of piperazine rings is 1. The average Bonchev–Trinajstić information content (AvgIpc) is 3.13. The maximum atomic E-state index is 13.0. The molecule has 3 heterocycles. The SMILES string of the molecule is O=S(=O)(C1=Cc2ccccc2OC1)N1CCC(N2CCNCC2)C1. The Labute approximate surface area is 143 Å². The molecule has 0 saturated carbocycles. The Balaban J connectivity index is 1.51. The summed E-state index contributed by atoms with van der Waals surface area (Å²) < 4.78 is 33.2. The van der Waals surface area contributed by atoms with E-state index in [0.29, 0.717) is 24.0 Å². The molecule has 0 aromatic heterocycles. The van der Waals surface area contributed by atoms with Gasteiger partial charge in [0.2, 0.25) is 10.0 Å². The second-order valence-corrected chi connectivity index (χ2v) is 8.52. The summed E-state index contributed by atoms with van der Waals surface area (Å²) in [6.45, 7) is 5.26. The summed E-state index contributed by atoms with van der Waals surface area (Å²) in [6, 6.07) is 7.87. The van der Waals surface area contributed by atoms with Crippen LogP contribution in [0.25, 0.3) is 6.08 Å². The number of sulfonamides is 1. The molecular formula is C17H23N3O3S. The first-order chi connectivity index (χ1) is 11.6. The third-order valence-corrected chi connectivity index (χ3v) is 6.98. The number of nitrogens with zero attached hydrogens (tertiary/aromatic N) is 2. The van der Waals surface area contributed by atoms with Crippen LogP contribution in [-0.2, 0) is 10.0 Å². The van der Waals surface area contributed by atoms with E-state index in [4.69, 9.17) is 4.74 Å². The van der Waals surface area contributed by atoms with E-state index in [0.717, 1.165) is 43.9 Å². The Morgan fingerprint density at radius 3 is 2.75 bits per heavy atom. The van der Waals surface area contributed by atoms with Crippen LogP contribution in [0.5, 0.6) is 5.75 Å². The number of nitrogens with one attached hydrogen (secondary N) is 1. The lowest BCUT2D eigenvalue weighted by molar-refractivity contribution is 0.179. The zero-order valence-corrected chi connectivity index (χ0v) is 14.5. The van der Waals surface area contributed by atoms with Gasteiger partial charge in [0, 0.05) is 50.9 Å². The molecule has 0 spiro atoms. The van der Waals surface area contributed by atoms with Crippen LogP contribution in [0.4, 0.5) is 0 Å². The van der Waals surface area contributed by atoms with Crippen molar-refractivity contribution in [2.45, 2.75) is 12.5 Å². The molecule has 130 valence electrons. The van der Waals surface area contributed by atoms with Crippen LogP contribution in [0.3, 0.4) is 0 Å². The molecule has 1 unspecified atom stereocenters. The number of hydrogen-bond acceptors (Lipinski definition) is 5. The highest BCUT2D eigenvalue weighted by atomic mass is 32.2. The third kappa shape index (κ3) is 2.97. The monoisotopic (exact) mass is 349 g/mol. The van der Waals surface area contributed by atoms with Gasteiger partial charge >= 0.3 is 0 Å². The number of benzene rings is 1. The van der Waals surface area contributed by atoms with Crippen molar-refractivity contribution in [3.8, 4) is 5.75 Å². The molecule has 7 heteroatoms. The molecule has 4 rings (SSSR count). The van der Waals surface area contributed by atoms with Crippen molar-refractivity contribution >= 4 is 16.1 Å². The summed E-state index contributed by atoms with van der Waals surface area (Å²) in [5.74, 6) is 0.747. The molecule has 1 N–H and O–H groups in total. The summed E-state index contributed by atoms with van der Waals surface area (Å²) in [4.78, 5) is 2.77. The molecule has 0 bridgehead atoms. The lowest BCUT2D eigenvalue weighted by Crippen LogP contribution is -2.49. The van der Waals surface area contributed by atoms with Gasteiger partial charge in [0.25, 0.3) is 0 Å². The van der Waals surface area contributed by atoms with Gasteiger partial charge in [-0.1, -0.05) is 18.2 Å². The summed E-state index contributed by atoms with van der Waals surface area (Å²) in [6.07, 6.45) is 2.66. The topological polar surface area (TPSA) is 61.9 Å². The van der Waals surface area contributed by atoms with Crippen molar-refractivity contribution in [2.24, 2.45) is 0 Å². The Hall–Kier alpha value is -1.41. The van der Waals surface area contributed by atoms with Crippen molar-refractivity contribution in [3.63, 3.8) is 0 Å². The van der Waals surface area contributed by atoms with Gasteiger partial charge < -0.3 is 10.1 Å². The van der Waals surface area contributed by atoms with Crippen LogP contribution in [0.2, 0.25) is 0 Å². The maximum Gasteiger partial charge on any atom is 0.242 e. The van der Waals surface area contributed by atoms with Crippen LogP contribution in [0, 0.1) is 0 Å². The number of hydrogen-bond donors (Lipinski definition) is 1. The van der Waals surface area contributed by atoms with E-state index in [2.05, 4.69) is 10.2 Å². The molecule has 0 radical (unpaired) electrons. The number of para-hydroxylation sites is 1. The molecule has 0 aliphatic carbocycles. The zero-order chi connectivity index (χ0) is 16.6. The fourth-order valence-corrected chi connectivity index (χ4v) is 5.21. The van der Waals surface area contributed by atoms with Crippen LogP contribution in [0.1, 0.15) is 12.0 Å². The standard InChI is InChI=1S/C17H23N3O3S/c21-24(22,16-11-14-3-1-2-4-17(14)23-13-16)20-8-5-15(12-20)19-9-6-18-7-10-19/h1-4,11,15,18H,5-10,12-13H2. The maximum absolute atomic E-state index is 13.0. The minimum atomic E-state index is -3.45. The summed E-state index contributed by atoms with van der Waals surface area (Å²) >= 11 is 0. The van der Waals surface area contributed by atoms with E-state index < -0.39 is 10.0 Å². The lowest BCUT2D eigenvalue weighted by atomic mass is 10.1. The molecule has 3 aliphatic rings. The van der Waals surface area contributed by atoms with Crippen molar-refractivity contribution in [2.75, 3.05) is 45.9 Å². The quantitative estimate of drug-likeness (QED) is 0.872. The van der Waals surface area contributed by atoms with Crippen molar-refractivity contribution in [3.05, 3.63) is 34.7 Å². The van der Waals surface area contributed by atoms with Gasteiger partial charge in [0.05, 0.1) is 4.91 Å². The first kappa shape index (κ1) is 16.1. The molecule has 24 heavy (non-hydrogen) atoms. The normalized spacial score (nSPS) is 25.8. The smallest absolute Gasteiger partial charge is 0.242 e. The molecule has 2 saturated heterocycles. The van der Waals surface area contributed by atoms with Gasteiger partial charge in [-0.05, 0) is 18.6 Å². The van der Waals surface area contributed by atoms with Gasteiger partial charge in [-0.3, -0.25) is 4.90 Å². The molecule has 1 aromatic carbocycles. The highest BCUT2D eigenvalue weighted by molar-refractivity contribution is 7.93. The predicted octanol–water partition coefficient (Wildman–Crippen LogP) is 0.729. The summed E-state index contributed by atoms with van der Waals surface area (Å²) in [5.41, 5.74) is 0.833. The van der Waals surface area contributed by atoms with Crippen LogP contribution < -0.4 is 10.1 Å². The fraction of sp³-hybridized carbons (Fsp3) is 0.529. The third-order valence-electron chi connectivity index (χ3n) is 5.07. The van der Waals surface area contributed by atoms with E-state index >= 15 is 0 Å². The number of rotatable bonds is 3. The van der Waals surface area contributed by atoms with E-state index in [1.807, 2.05) is 24.3 Å². The molecule has 3 aliphatic heterocycles. The summed E-state index contributed by atoms with van der Waals surface area (Å²) in [7, 11) is -3.45. The molecule has 0 amide bonds. The van der Waals surface area contributed by atoms with Crippen molar-refractivity contribution < 1.29 is 13.2 Å². The predicted molar refractivity (Wildman–Crippen MR) is 93.3 cm³/mol. The van der Waals surface area contributed by atoms with Crippen LogP contribution >= 0.6 is 0 Å². The highest BCUT2D eigenvalue weighted by Gasteiger charge is 2.37. The molecule has 1 aromatic rings. The molecule has 6 nitrogen and oxygen atoms in total. The molecular weight excluding hydrogens is 326 g/mol. The van der Waals surface area contributed by atoms with Gasteiger partial charge in [-0.25, -0.2) is 8.42 Å². The minimum Gasteiger partial charge on any atom is -0.487 e. The molecule has 1 atom stereocenters. The average molecular weight is 349 g/mol. The minimum absolute atomic E-state index is 0.119. The Kier molecular flexibility index (Phi) is 4.34. The second-order valence-electron chi connectivity index (χ2n) is 6.53. The van der Waals surface area contributed by atoms with Crippen molar-refractivity contribution in [1.29, 1.82) is 0 Å². The number of ether oxygens (including phenoxy) is 1. The van der Waals surface area contributed by atoms with E-state index in [-0.39, 0.29) is 6.61 Å². The number of fused-ring (bicyclic) bond motifs is 1. The van der Waals surface area contributed by atoms with Gasteiger partial charge in [0.15, 0.2) is 0 Å². The molecule has 2 fully saturated rings. The second kappa shape index (κ2) is 6.48. The first-order valence-corrected chi connectivity index (χ1v) is 9.96. The van der Waals surface area contributed by atoms with E-state index in [1.165, 1.54) is 0 Å². The van der Waals surface area contributed by atoms with Gasteiger partial charge in [-0.2, -0.15) is 4.31 Å². The Morgan fingerprint density at radius 2 is 1.92 bits per heavy atom. The lowest BCUT2D eigenvalue weighted by Gasteiger charge is -2.32. The first-order valence-electron chi connectivity index (χ1n) is 8.52. The summed E-state index contributed by atoms with van der Waals surface area (Å²) in [5, 5.41) is 3.34. The highest BCUT2D eigenvalue weighted by Crippen LogP contribution is 2.31. The Bertz CT molecular complexity index is 741. The van der Waals surface area contributed by atoms with Gasteiger partial charge in [0.1, 0.15) is 12.4 Å².